The number of nitrogens with zero attached hydrogens (tertiary/aromatic N) is 5. The van der Waals surface area contributed by atoms with Crippen molar-refractivity contribution in [2.75, 3.05) is 18.4 Å². The zero-order chi connectivity index (χ0) is 24.5. The molecular weight excluding hydrogens is 479 g/mol. The lowest BCUT2D eigenvalue weighted by atomic mass is 10.0. The van der Waals surface area contributed by atoms with Crippen molar-refractivity contribution in [1.82, 2.24) is 35.6 Å². The highest BCUT2D eigenvalue weighted by Crippen LogP contribution is 2.43. The molecule has 2 fully saturated rings. The molecule has 0 aromatic carbocycles. The smallest absolute Gasteiger partial charge is 0.167 e. The second-order valence-electron chi connectivity index (χ2n) is 9.33. The number of hydrogen-bond acceptors (Lipinski definition) is 8. The number of rotatable bonds is 7. The molecule has 8 nitrogen and oxygen atoms in total. The standard InChI is InChI=1S/C26H26ClFN8/c27-17-10-20(28)26(33-11-17)36-23-9-16(3-8-31-23)25-34-21-13-30-12-19(15-1-2-15)24(21)22(35-25)14-32-18-4-6-29-7-5-18/h3,8-13,15,18,29,32H,1-2,4-7,14H2,(H,31,33,36). The molecule has 4 aromatic rings. The lowest BCUT2D eigenvalue weighted by molar-refractivity contribution is 0.385. The van der Waals surface area contributed by atoms with Gasteiger partial charge in [0.2, 0.25) is 0 Å². The number of anilines is 2. The second kappa shape index (κ2) is 10.0. The summed E-state index contributed by atoms with van der Waals surface area (Å²) >= 11 is 5.82. The third kappa shape index (κ3) is 5.00. The van der Waals surface area contributed by atoms with Crippen LogP contribution >= 0.6 is 11.6 Å². The molecule has 6 rings (SSSR count). The van der Waals surface area contributed by atoms with Gasteiger partial charge in [-0.05, 0) is 68.5 Å². The molecule has 0 radical (unpaired) electrons. The summed E-state index contributed by atoms with van der Waals surface area (Å²) in [4.78, 5) is 22.7. The summed E-state index contributed by atoms with van der Waals surface area (Å²) in [5, 5.41) is 11.4. The maximum atomic E-state index is 14.3. The summed E-state index contributed by atoms with van der Waals surface area (Å²) in [6.07, 6.45) is 11.4. The fourth-order valence-electron chi connectivity index (χ4n) is 4.68. The van der Waals surface area contributed by atoms with Gasteiger partial charge in [0.1, 0.15) is 5.82 Å². The Labute approximate surface area is 213 Å². The Kier molecular flexibility index (Phi) is 6.43. The summed E-state index contributed by atoms with van der Waals surface area (Å²) in [5.41, 5.74) is 3.82. The van der Waals surface area contributed by atoms with Crippen molar-refractivity contribution in [3.8, 4) is 11.4 Å². The van der Waals surface area contributed by atoms with Crippen LogP contribution in [0.2, 0.25) is 5.02 Å². The highest BCUT2D eigenvalue weighted by molar-refractivity contribution is 6.30. The molecule has 0 spiro atoms. The second-order valence-corrected chi connectivity index (χ2v) is 9.77. The van der Waals surface area contributed by atoms with E-state index < -0.39 is 5.82 Å². The molecule has 5 heterocycles. The first-order valence-electron chi connectivity index (χ1n) is 12.3. The van der Waals surface area contributed by atoms with Crippen LogP contribution in [-0.2, 0) is 6.54 Å². The van der Waals surface area contributed by atoms with Gasteiger partial charge in [-0.25, -0.2) is 24.3 Å². The van der Waals surface area contributed by atoms with Gasteiger partial charge in [-0.2, -0.15) is 0 Å². The van der Waals surface area contributed by atoms with E-state index in [-0.39, 0.29) is 10.8 Å². The molecule has 36 heavy (non-hydrogen) atoms. The fourth-order valence-corrected chi connectivity index (χ4v) is 4.83. The molecular formula is C26H26ClFN8. The van der Waals surface area contributed by atoms with Crippen LogP contribution in [0.1, 0.15) is 42.9 Å². The minimum absolute atomic E-state index is 0.0496. The van der Waals surface area contributed by atoms with E-state index in [0.717, 1.165) is 48.1 Å². The predicted molar refractivity (Wildman–Crippen MR) is 138 cm³/mol. The summed E-state index contributed by atoms with van der Waals surface area (Å²) in [7, 11) is 0. The zero-order valence-electron chi connectivity index (χ0n) is 19.6. The molecule has 184 valence electrons. The van der Waals surface area contributed by atoms with E-state index in [9.17, 15) is 4.39 Å². The predicted octanol–water partition coefficient (Wildman–Crippen LogP) is 4.74. The first-order chi connectivity index (χ1) is 17.6. The Morgan fingerprint density at radius 1 is 1.03 bits per heavy atom. The Bertz CT molecular complexity index is 1400. The number of nitrogens with one attached hydrogen (secondary N) is 3. The van der Waals surface area contributed by atoms with Crippen molar-refractivity contribution in [2.45, 2.75) is 44.2 Å². The van der Waals surface area contributed by atoms with E-state index in [1.54, 1.807) is 12.3 Å². The fraction of sp³-hybridized carbons (Fsp3) is 0.346. The van der Waals surface area contributed by atoms with Crippen molar-refractivity contribution in [2.24, 2.45) is 0 Å². The Hall–Kier alpha value is -3.27. The molecule has 1 aliphatic carbocycles. The van der Waals surface area contributed by atoms with Gasteiger partial charge in [-0.1, -0.05) is 11.6 Å². The van der Waals surface area contributed by atoms with E-state index >= 15 is 0 Å². The van der Waals surface area contributed by atoms with Crippen LogP contribution in [0.15, 0.2) is 43.0 Å². The van der Waals surface area contributed by atoms with Gasteiger partial charge in [-0.3, -0.25) is 4.98 Å². The van der Waals surface area contributed by atoms with Gasteiger partial charge in [0, 0.05) is 42.1 Å². The van der Waals surface area contributed by atoms with Crippen molar-refractivity contribution >= 4 is 34.1 Å². The molecule has 1 saturated carbocycles. The molecule has 0 unspecified atom stereocenters. The topological polar surface area (TPSA) is 101 Å². The molecule has 3 N–H and O–H groups in total. The minimum atomic E-state index is -0.554. The SMILES string of the molecule is Fc1cc(Cl)cnc1Nc1cc(-c2nc(CNC3CCNCC3)c3c(C4CC4)cncc3n2)ccn1. The largest absolute Gasteiger partial charge is 0.322 e. The monoisotopic (exact) mass is 504 g/mol. The molecule has 0 amide bonds. The number of hydrogen-bond donors (Lipinski definition) is 3. The van der Waals surface area contributed by atoms with Crippen LogP contribution in [0.25, 0.3) is 22.3 Å². The quantitative estimate of drug-likeness (QED) is 0.332. The average Bonchev–Trinajstić information content (AvgIpc) is 3.75. The number of pyridine rings is 3. The normalized spacial score (nSPS) is 16.4. The van der Waals surface area contributed by atoms with Gasteiger partial charge in [-0.15, -0.1) is 0 Å². The maximum absolute atomic E-state index is 14.3. The highest BCUT2D eigenvalue weighted by atomic mass is 35.5. The summed E-state index contributed by atoms with van der Waals surface area (Å²) < 4.78 is 14.3. The third-order valence-corrected chi connectivity index (χ3v) is 6.90. The first kappa shape index (κ1) is 23.1. The van der Waals surface area contributed by atoms with Crippen LogP contribution in [0.3, 0.4) is 0 Å². The van der Waals surface area contributed by atoms with Gasteiger partial charge >= 0.3 is 0 Å². The molecule has 1 saturated heterocycles. The molecule has 0 atom stereocenters. The number of piperidine rings is 1. The van der Waals surface area contributed by atoms with Crippen LogP contribution in [0, 0.1) is 5.82 Å². The summed E-state index contributed by atoms with van der Waals surface area (Å²) in [5.74, 6) is 1.04. The summed E-state index contributed by atoms with van der Waals surface area (Å²) in [6.45, 7) is 2.72. The van der Waals surface area contributed by atoms with Crippen LogP contribution in [0.5, 0.6) is 0 Å². The average molecular weight is 505 g/mol. The maximum Gasteiger partial charge on any atom is 0.167 e. The Morgan fingerprint density at radius 2 is 1.89 bits per heavy atom. The molecule has 1 aliphatic heterocycles. The van der Waals surface area contributed by atoms with E-state index in [1.807, 2.05) is 18.5 Å². The van der Waals surface area contributed by atoms with Crippen molar-refractivity contribution in [3.05, 3.63) is 65.1 Å². The zero-order valence-corrected chi connectivity index (χ0v) is 20.4. The lowest BCUT2D eigenvalue weighted by Gasteiger charge is -2.24. The first-order valence-corrected chi connectivity index (χ1v) is 12.6. The molecule has 2 aliphatic rings. The number of fused-ring (bicyclic) bond motifs is 1. The minimum Gasteiger partial charge on any atom is -0.322 e. The number of aromatic nitrogens is 5. The number of halogens is 2. The van der Waals surface area contributed by atoms with E-state index in [0.29, 0.717) is 30.1 Å². The van der Waals surface area contributed by atoms with Crippen LogP contribution in [-0.4, -0.2) is 44.1 Å². The third-order valence-electron chi connectivity index (χ3n) is 6.70. The highest BCUT2D eigenvalue weighted by Gasteiger charge is 2.28. The molecule has 4 aromatic heterocycles. The van der Waals surface area contributed by atoms with Gasteiger partial charge in [0.25, 0.3) is 0 Å². The summed E-state index contributed by atoms with van der Waals surface area (Å²) in [6, 6.07) is 5.31. The lowest BCUT2D eigenvalue weighted by Crippen LogP contribution is -2.39. The van der Waals surface area contributed by atoms with Gasteiger partial charge in [0.15, 0.2) is 17.5 Å². The molecule has 0 bridgehead atoms. The Balaban J connectivity index is 1.35. The van der Waals surface area contributed by atoms with Crippen molar-refractivity contribution in [1.29, 1.82) is 0 Å². The van der Waals surface area contributed by atoms with Gasteiger partial charge < -0.3 is 16.0 Å². The van der Waals surface area contributed by atoms with Crippen LogP contribution < -0.4 is 16.0 Å². The van der Waals surface area contributed by atoms with E-state index in [4.69, 9.17) is 21.6 Å². The van der Waals surface area contributed by atoms with Crippen molar-refractivity contribution < 1.29 is 4.39 Å². The van der Waals surface area contributed by atoms with Crippen LogP contribution in [0.4, 0.5) is 16.0 Å². The van der Waals surface area contributed by atoms with E-state index in [2.05, 4.69) is 30.9 Å². The van der Waals surface area contributed by atoms with Gasteiger partial charge in [0.05, 0.1) is 22.4 Å². The molecule has 10 heteroatoms. The van der Waals surface area contributed by atoms with E-state index in [1.165, 1.54) is 30.7 Å². The Morgan fingerprint density at radius 3 is 2.69 bits per heavy atom. The van der Waals surface area contributed by atoms with Crippen molar-refractivity contribution in [3.63, 3.8) is 0 Å².